The Morgan fingerprint density at radius 1 is 1.29 bits per heavy atom. The summed E-state index contributed by atoms with van der Waals surface area (Å²) >= 11 is 0. The lowest BCUT2D eigenvalue weighted by Crippen LogP contribution is -2.32. The zero-order chi connectivity index (χ0) is 15.2. The average Bonchev–Trinajstić information content (AvgIpc) is 2.50. The van der Waals surface area contributed by atoms with Gasteiger partial charge in [0, 0.05) is 18.2 Å². The summed E-state index contributed by atoms with van der Waals surface area (Å²) in [6.07, 6.45) is 3.56. The van der Waals surface area contributed by atoms with Crippen molar-refractivity contribution in [1.82, 2.24) is 10.2 Å². The van der Waals surface area contributed by atoms with Crippen molar-refractivity contribution in [3.05, 3.63) is 35.4 Å². The fourth-order valence-corrected chi connectivity index (χ4v) is 2.65. The predicted molar refractivity (Wildman–Crippen MR) is 87.3 cm³/mol. The molecule has 1 aromatic carbocycles. The maximum absolute atomic E-state index is 12.0. The van der Waals surface area contributed by atoms with Gasteiger partial charge in [-0.2, -0.15) is 0 Å². The molecule has 116 valence electrons. The fraction of sp³-hybridized carbons (Fsp3) is 0.611. The summed E-state index contributed by atoms with van der Waals surface area (Å²) in [5.74, 6) is 0.899. The highest BCUT2D eigenvalue weighted by molar-refractivity contribution is 5.94. The van der Waals surface area contributed by atoms with E-state index in [1.807, 2.05) is 19.1 Å². The summed E-state index contributed by atoms with van der Waals surface area (Å²) in [4.78, 5) is 14.5. The van der Waals surface area contributed by atoms with Crippen molar-refractivity contribution in [3.8, 4) is 0 Å². The number of nitrogens with zero attached hydrogens (tertiary/aromatic N) is 1. The van der Waals surface area contributed by atoms with Gasteiger partial charge in [0.15, 0.2) is 0 Å². The van der Waals surface area contributed by atoms with Crippen LogP contribution in [-0.4, -0.2) is 29.9 Å². The van der Waals surface area contributed by atoms with E-state index in [-0.39, 0.29) is 11.9 Å². The van der Waals surface area contributed by atoms with Gasteiger partial charge < -0.3 is 5.32 Å². The summed E-state index contributed by atoms with van der Waals surface area (Å²) in [5.41, 5.74) is 2.05. The second-order valence-electron chi connectivity index (χ2n) is 6.44. The normalized spacial score (nSPS) is 18.4. The Labute approximate surface area is 128 Å². The van der Waals surface area contributed by atoms with E-state index in [1.165, 1.54) is 31.5 Å². The Morgan fingerprint density at radius 2 is 1.90 bits per heavy atom. The van der Waals surface area contributed by atoms with E-state index in [0.717, 1.165) is 24.4 Å². The van der Waals surface area contributed by atoms with Gasteiger partial charge in [-0.15, -0.1) is 0 Å². The first-order chi connectivity index (χ1) is 10.1. The quantitative estimate of drug-likeness (QED) is 0.900. The smallest absolute Gasteiger partial charge is 0.251 e. The van der Waals surface area contributed by atoms with Crippen molar-refractivity contribution < 1.29 is 4.79 Å². The van der Waals surface area contributed by atoms with Crippen molar-refractivity contribution in [2.45, 2.75) is 52.6 Å². The number of amides is 1. The summed E-state index contributed by atoms with van der Waals surface area (Å²) in [5, 5.41) is 3.00. The van der Waals surface area contributed by atoms with Gasteiger partial charge in [0.25, 0.3) is 5.91 Å². The number of hydrogen-bond acceptors (Lipinski definition) is 2. The lowest BCUT2D eigenvalue weighted by Gasteiger charge is -2.30. The molecule has 0 spiro atoms. The summed E-state index contributed by atoms with van der Waals surface area (Å²) < 4.78 is 0. The summed E-state index contributed by atoms with van der Waals surface area (Å²) in [7, 11) is 0. The Hall–Kier alpha value is -1.35. The highest BCUT2D eigenvalue weighted by Gasteiger charge is 2.15. The lowest BCUT2D eigenvalue weighted by atomic mass is 9.99. The molecule has 1 aliphatic rings. The highest BCUT2D eigenvalue weighted by atomic mass is 16.1. The SMILES string of the molecule is CC[C@H](C)NC(=O)c1ccc(CN2CCC(C)CC2)cc1. The van der Waals surface area contributed by atoms with E-state index < -0.39 is 0 Å². The van der Waals surface area contributed by atoms with Crippen LogP contribution in [0.4, 0.5) is 0 Å². The Morgan fingerprint density at radius 3 is 2.48 bits per heavy atom. The van der Waals surface area contributed by atoms with Gasteiger partial charge in [-0.05, 0) is 62.9 Å². The molecule has 1 amide bonds. The molecule has 1 fully saturated rings. The summed E-state index contributed by atoms with van der Waals surface area (Å²) in [6.45, 7) is 9.83. The molecule has 0 unspecified atom stereocenters. The molecular formula is C18H28N2O. The minimum absolute atomic E-state index is 0.0303. The number of carbonyl (C=O) groups excluding carboxylic acids is 1. The third kappa shape index (κ3) is 4.85. The maximum atomic E-state index is 12.0. The molecule has 0 aliphatic carbocycles. The van der Waals surface area contributed by atoms with Gasteiger partial charge in [0.1, 0.15) is 0 Å². The highest BCUT2D eigenvalue weighted by Crippen LogP contribution is 2.18. The fourth-order valence-electron chi connectivity index (χ4n) is 2.65. The third-order valence-corrected chi connectivity index (χ3v) is 4.49. The number of benzene rings is 1. The maximum Gasteiger partial charge on any atom is 0.251 e. The first-order valence-corrected chi connectivity index (χ1v) is 8.20. The topological polar surface area (TPSA) is 32.3 Å². The molecule has 0 aromatic heterocycles. The van der Waals surface area contributed by atoms with Crippen LogP contribution in [-0.2, 0) is 6.54 Å². The molecule has 0 saturated carbocycles. The Bertz CT molecular complexity index is 447. The van der Waals surface area contributed by atoms with Gasteiger partial charge in [-0.1, -0.05) is 26.0 Å². The van der Waals surface area contributed by atoms with Crippen LogP contribution >= 0.6 is 0 Å². The first-order valence-electron chi connectivity index (χ1n) is 8.20. The van der Waals surface area contributed by atoms with E-state index in [9.17, 15) is 4.79 Å². The lowest BCUT2D eigenvalue weighted by molar-refractivity contribution is 0.0939. The number of nitrogens with one attached hydrogen (secondary N) is 1. The van der Waals surface area contributed by atoms with Crippen molar-refractivity contribution in [2.75, 3.05) is 13.1 Å². The Kier molecular flexibility index (Phi) is 5.80. The minimum Gasteiger partial charge on any atom is -0.350 e. The third-order valence-electron chi connectivity index (χ3n) is 4.49. The molecule has 0 bridgehead atoms. The van der Waals surface area contributed by atoms with Gasteiger partial charge >= 0.3 is 0 Å². The van der Waals surface area contributed by atoms with E-state index in [1.54, 1.807) is 0 Å². The molecule has 21 heavy (non-hydrogen) atoms. The van der Waals surface area contributed by atoms with Crippen LogP contribution in [0.2, 0.25) is 0 Å². The van der Waals surface area contributed by atoms with E-state index in [0.29, 0.717) is 0 Å². The van der Waals surface area contributed by atoms with Crippen LogP contribution in [0.5, 0.6) is 0 Å². The zero-order valence-corrected chi connectivity index (χ0v) is 13.6. The molecular weight excluding hydrogens is 260 g/mol. The molecule has 1 atom stereocenters. The Balaban J connectivity index is 1.88. The molecule has 1 heterocycles. The molecule has 0 radical (unpaired) electrons. The van der Waals surface area contributed by atoms with E-state index >= 15 is 0 Å². The van der Waals surface area contributed by atoms with Crippen LogP contribution < -0.4 is 5.32 Å². The zero-order valence-electron chi connectivity index (χ0n) is 13.6. The van der Waals surface area contributed by atoms with Crippen molar-refractivity contribution in [2.24, 2.45) is 5.92 Å². The van der Waals surface area contributed by atoms with Crippen LogP contribution in [0.3, 0.4) is 0 Å². The first kappa shape index (κ1) is 16.0. The van der Waals surface area contributed by atoms with E-state index in [4.69, 9.17) is 0 Å². The van der Waals surface area contributed by atoms with Crippen LogP contribution in [0.25, 0.3) is 0 Å². The molecule has 1 aliphatic heterocycles. The second kappa shape index (κ2) is 7.60. The number of rotatable bonds is 5. The molecule has 3 heteroatoms. The van der Waals surface area contributed by atoms with Gasteiger partial charge in [-0.25, -0.2) is 0 Å². The molecule has 1 aromatic rings. The summed E-state index contributed by atoms with van der Waals surface area (Å²) in [6, 6.07) is 8.29. The van der Waals surface area contributed by atoms with Crippen LogP contribution in [0.15, 0.2) is 24.3 Å². The van der Waals surface area contributed by atoms with Gasteiger partial charge in [0.2, 0.25) is 0 Å². The largest absolute Gasteiger partial charge is 0.350 e. The van der Waals surface area contributed by atoms with Gasteiger partial charge in [-0.3, -0.25) is 9.69 Å². The molecule has 3 nitrogen and oxygen atoms in total. The van der Waals surface area contributed by atoms with Crippen molar-refractivity contribution in [3.63, 3.8) is 0 Å². The van der Waals surface area contributed by atoms with Crippen molar-refractivity contribution in [1.29, 1.82) is 0 Å². The molecule has 2 rings (SSSR count). The monoisotopic (exact) mass is 288 g/mol. The molecule has 1 saturated heterocycles. The number of carbonyl (C=O) groups is 1. The standard InChI is InChI=1S/C18H28N2O/c1-4-15(3)19-18(21)17-7-5-16(6-8-17)13-20-11-9-14(2)10-12-20/h5-8,14-15H,4,9-13H2,1-3H3,(H,19,21)/t15-/m0/s1. The van der Waals surface area contributed by atoms with E-state index in [2.05, 4.69) is 36.2 Å². The predicted octanol–water partition coefficient (Wildman–Crippen LogP) is 3.45. The minimum atomic E-state index is 0.0303. The number of likely N-dealkylation sites (tertiary alicyclic amines) is 1. The number of piperidine rings is 1. The molecule has 1 N–H and O–H groups in total. The average molecular weight is 288 g/mol. The second-order valence-corrected chi connectivity index (χ2v) is 6.44. The number of hydrogen-bond donors (Lipinski definition) is 1. The van der Waals surface area contributed by atoms with Crippen LogP contribution in [0, 0.1) is 5.92 Å². The van der Waals surface area contributed by atoms with Crippen molar-refractivity contribution >= 4 is 5.91 Å². The van der Waals surface area contributed by atoms with Gasteiger partial charge in [0.05, 0.1) is 0 Å². The van der Waals surface area contributed by atoms with Crippen LogP contribution in [0.1, 0.15) is 56.0 Å².